The molecular formula is C18H21NO2S. The minimum Gasteiger partial charge on any atom is -0.392 e. The highest BCUT2D eigenvalue weighted by atomic mass is 32.2. The third kappa shape index (κ3) is 4.90. The molecule has 0 atom stereocenters. The normalized spacial score (nSPS) is 10.5. The number of carbonyl (C=O) groups is 1. The summed E-state index contributed by atoms with van der Waals surface area (Å²) in [6, 6.07) is 17.6. The van der Waals surface area contributed by atoms with Crippen molar-refractivity contribution in [3.05, 3.63) is 65.7 Å². The number of para-hydroxylation sites is 1. The summed E-state index contributed by atoms with van der Waals surface area (Å²) in [7, 11) is 1.82. The number of hydrogen-bond donors (Lipinski definition) is 1. The predicted molar refractivity (Wildman–Crippen MR) is 93.0 cm³/mol. The molecule has 22 heavy (non-hydrogen) atoms. The van der Waals surface area contributed by atoms with Crippen LogP contribution in [0, 0.1) is 0 Å². The van der Waals surface area contributed by atoms with Crippen molar-refractivity contribution in [3.63, 3.8) is 0 Å². The fraction of sp³-hybridized carbons (Fsp3) is 0.278. The molecule has 4 heteroatoms. The average molecular weight is 315 g/mol. The van der Waals surface area contributed by atoms with Gasteiger partial charge >= 0.3 is 0 Å². The van der Waals surface area contributed by atoms with Crippen LogP contribution in [0.3, 0.4) is 0 Å². The third-order valence-corrected chi connectivity index (χ3v) is 4.48. The molecule has 0 unspecified atom stereocenters. The van der Waals surface area contributed by atoms with Crippen molar-refractivity contribution >= 4 is 23.4 Å². The zero-order valence-electron chi connectivity index (χ0n) is 12.7. The van der Waals surface area contributed by atoms with Gasteiger partial charge in [0, 0.05) is 30.7 Å². The summed E-state index contributed by atoms with van der Waals surface area (Å²) in [5, 5.41) is 9.00. The Morgan fingerprint density at radius 1 is 1.05 bits per heavy atom. The van der Waals surface area contributed by atoms with Crippen LogP contribution in [0.25, 0.3) is 0 Å². The SMILES string of the molecule is CN(C(=O)CCSCc1ccc(CO)cc1)c1ccccc1. The van der Waals surface area contributed by atoms with E-state index < -0.39 is 0 Å². The maximum Gasteiger partial charge on any atom is 0.227 e. The van der Waals surface area contributed by atoms with Gasteiger partial charge in [-0.3, -0.25) is 4.79 Å². The van der Waals surface area contributed by atoms with Crippen molar-refractivity contribution in [3.8, 4) is 0 Å². The Kier molecular flexibility index (Phi) is 6.49. The number of carbonyl (C=O) groups excluding carboxylic acids is 1. The van der Waals surface area contributed by atoms with Gasteiger partial charge in [-0.05, 0) is 23.3 Å². The number of nitrogens with zero attached hydrogens (tertiary/aromatic N) is 1. The highest BCUT2D eigenvalue weighted by Gasteiger charge is 2.09. The van der Waals surface area contributed by atoms with Crippen LogP contribution in [0.4, 0.5) is 5.69 Å². The van der Waals surface area contributed by atoms with Gasteiger partial charge in [0.05, 0.1) is 6.61 Å². The first-order chi connectivity index (χ1) is 10.7. The number of benzene rings is 2. The largest absolute Gasteiger partial charge is 0.392 e. The molecule has 0 saturated carbocycles. The summed E-state index contributed by atoms with van der Waals surface area (Å²) in [6.07, 6.45) is 0.533. The number of amides is 1. The van der Waals surface area contributed by atoms with Crippen LogP contribution < -0.4 is 4.90 Å². The molecule has 1 N–H and O–H groups in total. The van der Waals surface area contributed by atoms with Gasteiger partial charge in [-0.25, -0.2) is 0 Å². The first-order valence-corrected chi connectivity index (χ1v) is 8.44. The van der Waals surface area contributed by atoms with E-state index in [0.29, 0.717) is 6.42 Å². The Morgan fingerprint density at radius 2 is 1.68 bits per heavy atom. The molecule has 1 amide bonds. The van der Waals surface area contributed by atoms with Crippen molar-refractivity contribution in [2.24, 2.45) is 0 Å². The molecule has 0 bridgehead atoms. The number of rotatable bonds is 7. The first-order valence-electron chi connectivity index (χ1n) is 7.28. The van der Waals surface area contributed by atoms with E-state index in [1.807, 2.05) is 61.6 Å². The lowest BCUT2D eigenvalue weighted by Gasteiger charge is -2.17. The Bertz CT molecular complexity index is 584. The molecule has 0 aliphatic heterocycles. The van der Waals surface area contributed by atoms with Gasteiger partial charge in [0.2, 0.25) is 5.91 Å². The maximum atomic E-state index is 12.1. The fourth-order valence-corrected chi connectivity index (χ4v) is 2.95. The zero-order chi connectivity index (χ0) is 15.8. The number of anilines is 1. The highest BCUT2D eigenvalue weighted by molar-refractivity contribution is 7.98. The van der Waals surface area contributed by atoms with Crippen LogP contribution in [0.2, 0.25) is 0 Å². The van der Waals surface area contributed by atoms with Gasteiger partial charge in [0.1, 0.15) is 0 Å². The summed E-state index contributed by atoms with van der Waals surface area (Å²) < 4.78 is 0. The molecule has 2 aromatic carbocycles. The van der Waals surface area contributed by atoms with E-state index in [2.05, 4.69) is 0 Å². The molecule has 0 radical (unpaired) electrons. The van der Waals surface area contributed by atoms with E-state index in [4.69, 9.17) is 5.11 Å². The second-order valence-electron chi connectivity index (χ2n) is 5.07. The first kappa shape index (κ1) is 16.6. The van der Waals surface area contributed by atoms with Crippen LogP contribution in [0.1, 0.15) is 17.5 Å². The summed E-state index contributed by atoms with van der Waals surface area (Å²) in [6.45, 7) is 0.0771. The minimum atomic E-state index is 0.0771. The second kappa shape index (κ2) is 8.61. The van der Waals surface area contributed by atoms with Crippen molar-refractivity contribution in [1.82, 2.24) is 0 Å². The van der Waals surface area contributed by atoms with Crippen molar-refractivity contribution < 1.29 is 9.90 Å². The van der Waals surface area contributed by atoms with Gasteiger partial charge in [0.25, 0.3) is 0 Å². The highest BCUT2D eigenvalue weighted by Crippen LogP contribution is 2.16. The molecule has 0 aliphatic rings. The fourth-order valence-electron chi connectivity index (χ4n) is 2.05. The molecule has 0 heterocycles. The molecule has 2 aromatic rings. The van der Waals surface area contributed by atoms with E-state index in [0.717, 1.165) is 22.8 Å². The lowest BCUT2D eigenvalue weighted by Crippen LogP contribution is -2.26. The summed E-state index contributed by atoms with van der Waals surface area (Å²) in [4.78, 5) is 13.8. The van der Waals surface area contributed by atoms with Crippen molar-refractivity contribution in [2.75, 3.05) is 17.7 Å². The van der Waals surface area contributed by atoms with Gasteiger partial charge in [0.15, 0.2) is 0 Å². The molecule has 116 valence electrons. The van der Waals surface area contributed by atoms with Crippen LogP contribution in [0.5, 0.6) is 0 Å². The van der Waals surface area contributed by atoms with E-state index in [1.165, 1.54) is 5.56 Å². The van der Waals surface area contributed by atoms with Crippen LogP contribution in [-0.2, 0) is 17.2 Å². The summed E-state index contributed by atoms with van der Waals surface area (Å²) in [5.41, 5.74) is 3.07. The number of thioether (sulfide) groups is 1. The summed E-state index contributed by atoms with van der Waals surface area (Å²) in [5.74, 6) is 1.82. The van der Waals surface area contributed by atoms with Gasteiger partial charge < -0.3 is 10.0 Å². The lowest BCUT2D eigenvalue weighted by molar-refractivity contribution is -0.117. The Morgan fingerprint density at radius 3 is 2.32 bits per heavy atom. The molecule has 3 nitrogen and oxygen atoms in total. The Balaban J connectivity index is 1.72. The smallest absolute Gasteiger partial charge is 0.227 e. The molecule has 0 aromatic heterocycles. The molecule has 0 saturated heterocycles. The van der Waals surface area contributed by atoms with E-state index in [9.17, 15) is 4.79 Å². The summed E-state index contributed by atoms with van der Waals surface area (Å²) >= 11 is 1.75. The lowest BCUT2D eigenvalue weighted by atomic mass is 10.2. The van der Waals surface area contributed by atoms with Crippen LogP contribution in [-0.4, -0.2) is 23.8 Å². The maximum absolute atomic E-state index is 12.1. The van der Waals surface area contributed by atoms with Gasteiger partial charge in [-0.15, -0.1) is 0 Å². The molecular weight excluding hydrogens is 294 g/mol. The monoisotopic (exact) mass is 315 g/mol. The molecule has 0 aliphatic carbocycles. The minimum absolute atomic E-state index is 0.0771. The Hall–Kier alpha value is -1.78. The number of aliphatic hydroxyl groups is 1. The molecule has 2 rings (SSSR count). The zero-order valence-corrected chi connectivity index (χ0v) is 13.6. The quantitative estimate of drug-likeness (QED) is 0.795. The number of hydrogen-bond acceptors (Lipinski definition) is 3. The average Bonchev–Trinajstić information content (AvgIpc) is 2.59. The van der Waals surface area contributed by atoms with Crippen molar-refractivity contribution in [2.45, 2.75) is 18.8 Å². The topological polar surface area (TPSA) is 40.5 Å². The second-order valence-corrected chi connectivity index (χ2v) is 6.17. The van der Waals surface area contributed by atoms with Crippen molar-refractivity contribution in [1.29, 1.82) is 0 Å². The van der Waals surface area contributed by atoms with Crippen LogP contribution >= 0.6 is 11.8 Å². The molecule has 0 spiro atoms. The standard InChI is InChI=1S/C18H21NO2S/c1-19(17-5-3-2-4-6-17)18(21)11-12-22-14-16-9-7-15(13-20)8-10-16/h2-10,20H,11-14H2,1H3. The van der Waals surface area contributed by atoms with E-state index >= 15 is 0 Å². The van der Waals surface area contributed by atoms with E-state index in [-0.39, 0.29) is 12.5 Å². The Labute approximate surface area is 136 Å². The van der Waals surface area contributed by atoms with Gasteiger partial charge in [-0.1, -0.05) is 42.5 Å². The third-order valence-electron chi connectivity index (χ3n) is 3.45. The van der Waals surface area contributed by atoms with Crippen LogP contribution in [0.15, 0.2) is 54.6 Å². The number of aliphatic hydroxyl groups excluding tert-OH is 1. The molecule has 0 fully saturated rings. The van der Waals surface area contributed by atoms with E-state index in [1.54, 1.807) is 16.7 Å². The van der Waals surface area contributed by atoms with Gasteiger partial charge in [-0.2, -0.15) is 11.8 Å². The predicted octanol–water partition coefficient (Wildman–Crippen LogP) is 3.47.